The first-order chi connectivity index (χ1) is 7.00. The molecule has 0 N–H and O–H groups in total. The van der Waals surface area contributed by atoms with Crippen molar-refractivity contribution in [1.82, 2.24) is 15.0 Å². The van der Waals surface area contributed by atoms with Crippen molar-refractivity contribution in [3.63, 3.8) is 0 Å². The van der Waals surface area contributed by atoms with E-state index in [2.05, 4.69) is 15.0 Å². The van der Waals surface area contributed by atoms with Gasteiger partial charge in [0, 0.05) is 5.92 Å². The quantitative estimate of drug-likeness (QED) is 0.774. The number of halogens is 3. The SMILES string of the molecule is COc1nc(C2CC2)nc(C(Cl)(Cl)Cl)n1. The van der Waals surface area contributed by atoms with Crippen molar-refractivity contribution < 1.29 is 4.74 Å². The molecule has 0 radical (unpaired) electrons. The molecule has 0 saturated heterocycles. The highest BCUT2D eigenvalue weighted by Crippen LogP contribution is 2.41. The van der Waals surface area contributed by atoms with Crippen LogP contribution in [0.1, 0.15) is 30.4 Å². The van der Waals surface area contributed by atoms with E-state index in [4.69, 9.17) is 39.5 Å². The van der Waals surface area contributed by atoms with Gasteiger partial charge in [0.25, 0.3) is 0 Å². The molecule has 1 saturated carbocycles. The lowest BCUT2D eigenvalue weighted by Gasteiger charge is -2.10. The molecule has 0 aromatic carbocycles. The van der Waals surface area contributed by atoms with Crippen LogP contribution >= 0.6 is 34.8 Å². The van der Waals surface area contributed by atoms with Crippen molar-refractivity contribution in [2.24, 2.45) is 0 Å². The molecule has 0 aliphatic heterocycles. The molecule has 1 aromatic heterocycles. The fourth-order valence-electron chi connectivity index (χ4n) is 1.11. The molecule has 0 bridgehead atoms. The number of hydrogen-bond donors (Lipinski definition) is 0. The van der Waals surface area contributed by atoms with Crippen molar-refractivity contribution in [2.75, 3.05) is 7.11 Å². The third-order valence-corrected chi connectivity index (χ3v) is 2.52. The zero-order valence-corrected chi connectivity index (χ0v) is 10.1. The maximum Gasteiger partial charge on any atom is 0.319 e. The second-order valence-corrected chi connectivity index (χ2v) is 5.56. The minimum absolute atomic E-state index is 0.112. The summed E-state index contributed by atoms with van der Waals surface area (Å²) in [6, 6.07) is 0.188. The Bertz CT molecular complexity index is 376. The van der Waals surface area contributed by atoms with Crippen LogP contribution in [-0.4, -0.2) is 22.1 Å². The van der Waals surface area contributed by atoms with Crippen LogP contribution < -0.4 is 4.74 Å². The molecule has 4 nitrogen and oxygen atoms in total. The summed E-state index contributed by atoms with van der Waals surface area (Å²) >= 11 is 17.1. The van der Waals surface area contributed by atoms with Gasteiger partial charge in [0.1, 0.15) is 5.82 Å². The lowest BCUT2D eigenvalue weighted by Crippen LogP contribution is -2.12. The van der Waals surface area contributed by atoms with E-state index < -0.39 is 3.79 Å². The summed E-state index contributed by atoms with van der Waals surface area (Å²) in [6.45, 7) is 0. The minimum atomic E-state index is -1.64. The van der Waals surface area contributed by atoms with Gasteiger partial charge >= 0.3 is 6.01 Å². The first-order valence-electron chi connectivity index (χ1n) is 4.38. The zero-order valence-electron chi connectivity index (χ0n) is 7.88. The van der Waals surface area contributed by atoms with Crippen molar-refractivity contribution in [2.45, 2.75) is 22.6 Å². The molecule has 82 valence electrons. The summed E-state index contributed by atoms with van der Waals surface area (Å²) in [5.74, 6) is 1.11. The van der Waals surface area contributed by atoms with Crippen LogP contribution in [0.2, 0.25) is 0 Å². The molecule has 15 heavy (non-hydrogen) atoms. The molecule has 0 spiro atoms. The first kappa shape index (κ1) is 11.2. The van der Waals surface area contributed by atoms with Crippen LogP contribution in [0.15, 0.2) is 0 Å². The van der Waals surface area contributed by atoms with Gasteiger partial charge in [0.15, 0.2) is 5.82 Å². The van der Waals surface area contributed by atoms with Gasteiger partial charge in [-0.15, -0.1) is 0 Å². The van der Waals surface area contributed by atoms with Crippen molar-refractivity contribution >= 4 is 34.8 Å². The van der Waals surface area contributed by atoms with E-state index in [1.54, 1.807) is 0 Å². The van der Waals surface area contributed by atoms with E-state index in [1.807, 2.05) is 0 Å². The molecule has 7 heteroatoms. The highest BCUT2D eigenvalue weighted by molar-refractivity contribution is 6.66. The average Bonchev–Trinajstić information content (AvgIpc) is 2.99. The van der Waals surface area contributed by atoms with Crippen molar-refractivity contribution in [3.05, 3.63) is 11.6 Å². The van der Waals surface area contributed by atoms with Gasteiger partial charge in [-0.3, -0.25) is 0 Å². The molecule has 1 heterocycles. The van der Waals surface area contributed by atoms with E-state index in [9.17, 15) is 0 Å². The third-order valence-electron chi connectivity index (χ3n) is 2.01. The van der Waals surface area contributed by atoms with Crippen LogP contribution in [0.4, 0.5) is 0 Å². The van der Waals surface area contributed by atoms with E-state index >= 15 is 0 Å². The Morgan fingerprint density at radius 2 is 1.87 bits per heavy atom. The standard InChI is InChI=1S/C8H8Cl3N3O/c1-15-7-13-5(4-2-3-4)12-6(14-7)8(9,10)11/h4H,2-3H2,1H3. The lowest BCUT2D eigenvalue weighted by molar-refractivity contribution is 0.373. The monoisotopic (exact) mass is 267 g/mol. The van der Waals surface area contributed by atoms with Gasteiger partial charge < -0.3 is 4.74 Å². The van der Waals surface area contributed by atoms with Gasteiger partial charge in [-0.25, -0.2) is 4.98 Å². The van der Waals surface area contributed by atoms with Crippen LogP contribution in [0.25, 0.3) is 0 Å². The molecular weight excluding hydrogens is 260 g/mol. The number of aromatic nitrogens is 3. The van der Waals surface area contributed by atoms with E-state index in [0.29, 0.717) is 11.7 Å². The topological polar surface area (TPSA) is 47.9 Å². The summed E-state index contributed by atoms with van der Waals surface area (Å²) in [5, 5.41) is 0. The normalized spacial score (nSPS) is 16.5. The number of rotatable bonds is 2. The Kier molecular flexibility index (Phi) is 2.92. The van der Waals surface area contributed by atoms with Gasteiger partial charge in [-0.2, -0.15) is 9.97 Å². The molecule has 2 rings (SSSR count). The number of methoxy groups -OCH3 is 1. The maximum atomic E-state index is 5.71. The zero-order chi connectivity index (χ0) is 11.1. The predicted octanol–water partition coefficient (Wildman–Crippen LogP) is 2.58. The summed E-state index contributed by atoms with van der Waals surface area (Å²) in [4.78, 5) is 12.1. The van der Waals surface area contributed by atoms with Gasteiger partial charge in [-0.1, -0.05) is 34.8 Å². The number of nitrogens with zero attached hydrogens (tertiary/aromatic N) is 3. The van der Waals surface area contributed by atoms with E-state index in [1.165, 1.54) is 7.11 Å². The second kappa shape index (κ2) is 3.92. The third kappa shape index (κ3) is 2.62. The van der Waals surface area contributed by atoms with Gasteiger partial charge in [0.2, 0.25) is 3.79 Å². The molecule has 1 aliphatic carbocycles. The van der Waals surface area contributed by atoms with Crippen molar-refractivity contribution in [1.29, 1.82) is 0 Å². The Hall–Kier alpha value is -0.320. The molecule has 1 aliphatic rings. The van der Waals surface area contributed by atoms with E-state index in [-0.39, 0.29) is 11.8 Å². The summed E-state index contributed by atoms with van der Waals surface area (Å²) in [5.41, 5.74) is 0. The molecule has 0 atom stereocenters. The minimum Gasteiger partial charge on any atom is -0.467 e. The number of ether oxygens (including phenoxy) is 1. The maximum absolute atomic E-state index is 5.71. The second-order valence-electron chi connectivity index (χ2n) is 3.28. The molecule has 1 aromatic rings. The fraction of sp³-hybridized carbons (Fsp3) is 0.625. The Morgan fingerprint density at radius 3 is 2.33 bits per heavy atom. The number of hydrogen-bond acceptors (Lipinski definition) is 4. The molecule has 0 amide bonds. The summed E-state index contributed by atoms with van der Waals surface area (Å²) < 4.78 is 3.29. The molecule has 1 fully saturated rings. The van der Waals surface area contributed by atoms with Gasteiger partial charge in [0.05, 0.1) is 7.11 Å². The number of alkyl halides is 3. The highest BCUT2D eigenvalue weighted by Gasteiger charge is 2.33. The molecular formula is C8H8Cl3N3O. The predicted molar refractivity (Wildman–Crippen MR) is 57.6 cm³/mol. The van der Waals surface area contributed by atoms with Crippen LogP contribution in [0, 0.1) is 0 Å². The fourth-order valence-corrected chi connectivity index (χ4v) is 1.37. The van der Waals surface area contributed by atoms with Crippen LogP contribution in [0.5, 0.6) is 6.01 Å². The Balaban J connectivity index is 2.41. The van der Waals surface area contributed by atoms with Gasteiger partial charge in [-0.05, 0) is 12.8 Å². The van der Waals surface area contributed by atoms with E-state index in [0.717, 1.165) is 12.8 Å². The first-order valence-corrected chi connectivity index (χ1v) is 5.51. The smallest absolute Gasteiger partial charge is 0.319 e. The Labute approximate surface area is 102 Å². The summed E-state index contributed by atoms with van der Waals surface area (Å²) in [6.07, 6.45) is 2.12. The molecule has 0 unspecified atom stereocenters. The van der Waals surface area contributed by atoms with Crippen LogP contribution in [0.3, 0.4) is 0 Å². The average molecular weight is 269 g/mol. The van der Waals surface area contributed by atoms with Crippen molar-refractivity contribution in [3.8, 4) is 6.01 Å². The lowest BCUT2D eigenvalue weighted by atomic mass is 10.4. The van der Waals surface area contributed by atoms with Crippen LogP contribution in [-0.2, 0) is 3.79 Å². The summed E-state index contributed by atoms with van der Waals surface area (Å²) in [7, 11) is 1.47. The Morgan fingerprint density at radius 1 is 1.20 bits per heavy atom. The highest BCUT2D eigenvalue weighted by atomic mass is 35.6. The largest absolute Gasteiger partial charge is 0.467 e.